The van der Waals surface area contributed by atoms with Crippen LogP contribution in [0, 0.1) is 5.92 Å². The van der Waals surface area contributed by atoms with Gasteiger partial charge in [-0.15, -0.1) is 0 Å². The number of likely N-dealkylation sites (tertiary alicyclic amines) is 1. The molecule has 0 amide bonds. The van der Waals surface area contributed by atoms with Crippen molar-refractivity contribution in [1.29, 1.82) is 0 Å². The molecule has 0 bridgehead atoms. The Balaban J connectivity index is 1.96. The van der Waals surface area contributed by atoms with Crippen LogP contribution in [0.25, 0.3) is 0 Å². The van der Waals surface area contributed by atoms with Gasteiger partial charge in [-0.3, -0.25) is 9.05 Å². The summed E-state index contributed by atoms with van der Waals surface area (Å²) >= 11 is 0. The first-order chi connectivity index (χ1) is 18.3. The number of methoxy groups -OCH3 is 1. The van der Waals surface area contributed by atoms with Crippen LogP contribution < -0.4 is 0 Å². The highest BCUT2D eigenvalue weighted by Crippen LogP contribution is 2.46. The summed E-state index contributed by atoms with van der Waals surface area (Å²) in [6.07, 6.45) is 23.0. The Hall–Kier alpha value is -0.0100. The van der Waals surface area contributed by atoms with Gasteiger partial charge in [-0.2, -0.15) is 0 Å². The largest absolute Gasteiger partial charge is 0.472 e. The van der Waals surface area contributed by atoms with Crippen molar-refractivity contribution in [3.8, 4) is 0 Å². The van der Waals surface area contributed by atoms with Crippen LogP contribution in [-0.4, -0.2) is 76.2 Å². The fourth-order valence-corrected chi connectivity index (χ4v) is 6.20. The standard InChI is InChI=1S/C30H62NO6P/c1-5-6-7-8-9-10-11-12-13-14-15-16-17-18-19-20-25-35-27-29(26-34-4)28-36-38(32,33)37-30-21-23-31(2,3)24-22-30/h29-30H,5-28H2,1-4H3/p+1. The lowest BCUT2D eigenvalue weighted by atomic mass is 10.0. The zero-order valence-electron chi connectivity index (χ0n) is 25.5. The minimum Gasteiger partial charge on any atom is -0.384 e. The summed E-state index contributed by atoms with van der Waals surface area (Å²) in [4.78, 5) is 10.2. The Morgan fingerprint density at radius 1 is 0.763 bits per heavy atom. The third-order valence-corrected chi connectivity index (χ3v) is 8.81. The molecule has 1 heterocycles. The normalized spacial score (nSPS) is 18.4. The summed E-state index contributed by atoms with van der Waals surface area (Å²) in [5.41, 5.74) is 0. The zero-order valence-corrected chi connectivity index (χ0v) is 26.4. The number of phosphoric acid groups is 1. The van der Waals surface area contributed by atoms with Gasteiger partial charge in [0, 0.05) is 32.5 Å². The van der Waals surface area contributed by atoms with Gasteiger partial charge < -0.3 is 18.9 Å². The maximum Gasteiger partial charge on any atom is 0.472 e. The molecule has 7 nitrogen and oxygen atoms in total. The van der Waals surface area contributed by atoms with Gasteiger partial charge in [-0.1, -0.05) is 103 Å². The molecule has 1 fully saturated rings. The molecular weight excluding hydrogens is 501 g/mol. The van der Waals surface area contributed by atoms with E-state index < -0.39 is 7.82 Å². The summed E-state index contributed by atoms with van der Waals surface area (Å²) in [5.74, 6) is -0.0907. The predicted octanol–water partition coefficient (Wildman–Crippen LogP) is 7.90. The average molecular weight is 565 g/mol. The van der Waals surface area contributed by atoms with Crippen molar-refractivity contribution in [1.82, 2.24) is 0 Å². The SMILES string of the molecule is CCCCCCCCCCCCCCCCCCOCC(COC)COP(=O)(O)OC1CC[N+](C)(C)CC1. The van der Waals surface area contributed by atoms with E-state index in [1.165, 1.54) is 96.3 Å². The van der Waals surface area contributed by atoms with Crippen molar-refractivity contribution in [3.63, 3.8) is 0 Å². The lowest BCUT2D eigenvalue weighted by Gasteiger charge is -2.37. The van der Waals surface area contributed by atoms with Gasteiger partial charge in [0.25, 0.3) is 0 Å². The molecule has 0 aliphatic carbocycles. The average Bonchev–Trinajstić information content (AvgIpc) is 2.87. The van der Waals surface area contributed by atoms with E-state index in [0.717, 1.165) is 36.8 Å². The first-order valence-electron chi connectivity index (χ1n) is 15.8. The molecule has 0 aromatic carbocycles. The molecule has 38 heavy (non-hydrogen) atoms. The molecule has 0 aromatic rings. The topological polar surface area (TPSA) is 74.2 Å². The molecule has 0 radical (unpaired) electrons. The Bertz CT molecular complexity index is 581. The highest BCUT2D eigenvalue weighted by atomic mass is 31.2. The van der Waals surface area contributed by atoms with Gasteiger partial charge in [-0.25, -0.2) is 4.57 Å². The zero-order chi connectivity index (χ0) is 28.0. The molecule has 228 valence electrons. The lowest BCUT2D eigenvalue weighted by molar-refractivity contribution is -0.896. The first kappa shape index (κ1) is 36.0. The number of rotatable bonds is 26. The highest BCUT2D eigenvalue weighted by Gasteiger charge is 2.33. The second kappa shape index (κ2) is 22.7. The van der Waals surface area contributed by atoms with Crippen molar-refractivity contribution < 1.29 is 32.5 Å². The Labute approximate surface area is 235 Å². The number of nitrogens with zero attached hydrogens (tertiary/aromatic N) is 1. The number of unbranched alkanes of at least 4 members (excludes halogenated alkanes) is 15. The smallest absolute Gasteiger partial charge is 0.384 e. The van der Waals surface area contributed by atoms with E-state index >= 15 is 0 Å². The Morgan fingerprint density at radius 3 is 1.71 bits per heavy atom. The van der Waals surface area contributed by atoms with Crippen LogP contribution in [0.3, 0.4) is 0 Å². The summed E-state index contributed by atoms with van der Waals surface area (Å²) in [7, 11) is 1.88. The van der Waals surface area contributed by atoms with E-state index in [1.54, 1.807) is 7.11 Å². The van der Waals surface area contributed by atoms with Crippen molar-refractivity contribution in [2.75, 3.05) is 60.7 Å². The molecule has 8 heteroatoms. The molecule has 1 aliphatic heterocycles. The third kappa shape index (κ3) is 20.8. The van der Waals surface area contributed by atoms with E-state index in [2.05, 4.69) is 21.0 Å². The first-order valence-corrected chi connectivity index (χ1v) is 17.3. The summed E-state index contributed by atoms with van der Waals surface area (Å²) in [5, 5.41) is 0. The van der Waals surface area contributed by atoms with Gasteiger partial charge in [0.15, 0.2) is 0 Å². The lowest BCUT2D eigenvalue weighted by Crippen LogP contribution is -2.47. The number of phosphoric ester groups is 1. The maximum absolute atomic E-state index is 12.4. The van der Waals surface area contributed by atoms with E-state index in [-0.39, 0.29) is 18.6 Å². The van der Waals surface area contributed by atoms with E-state index in [1.807, 2.05) is 0 Å². The van der Waals surface area contributed by atoms with Crippen LogP contribution in [0.4, 0.5) is 0 Å². The fraction of sp³-hybridized carbons (Fsp3) is 1.00. The molecule has 1 N–H and O–H groups in total. The van der Waals surface area contributed by atoms with Crippen LogP contribution in [0.1, 0.15) is 122 Å². The van der Waals surface area contributed by atoms with Gasteiger partial charge in [0.1, 0.15) is 0 Å². The number of ether oxygens (including phenoxy) is 2. The molecule has 1 saturated heterocycles. The van der Waals surface area contributed by atoms with E-state index in [4.69, 9.17) is 18.5 Å². The van der Waals surface area contributed by atoms with Gasteiger partial charge >= 0.3 is 7.82 Å². The fourth-order valence-electron chi connectivity index (χ4n) is 5.15. The minimum absolute atomic E-state index is 0.0907. The quantitative estimate of drug-likeness (QED) is 0.0654. The minimum atomic E-state index is -4.08. The van der Waals surface area contributed by atoms with Crippen molar-refractivity contribution in [3.05, 3.63) is 0 Å². The second-order valence-corrected chi connectivity index (χ2v) is 13.6. The van der Waals surface area contributed by atoms with Crippen molar-refractivity contribution in [2.24, 2.45) is 5.92 Å². The monoisotopic (exact) mass is 564 g/mol. The van der Waals surface area contributed by atoms with Gasteiger partial charge in [0.2, 0.25) is 0 Å². The molecule has 2 unspecified atom stereocenters. The number of hydrogen-bond donors (Lipinski definition) is 1. The van der Waals surface area contributed by atoms with Crippen LogP contribution in [0.15, 0.2) is 0 Å². The van der Waals surface area contributed by atoms with Gasteiger partial charge in [0.05, 0.1) is 53.1 Å². The molecule has 1 aliphatic rings. The van der Waals surface area contributed by atoms with E-state index in [9.17, 15) is 9.46 Å². The molecular formula is C30H63NO6P+. The van der Waals surface area contributed by atoms with Crippen LogP contribution in [-0.2, 0) is 23.1 Å². The van der Waals surface area contributed by atoms with Crippen molar-refractivity contribution >= 4 is 7.82 Å². The summed E-state index contributed by atoms with van der Waals surface area (Å²) < 4.78 is 35.2. The molecule has 2 atom stereocenters. The Kier molecular flexibility index (Phi) is 21.5. The highest BCUT2D eigenvalue weighted by molar-refractivity contribution is 7.47. The van der Waals surface area contributed by atoms with Crippen LogP contribution in [0.2, 0.25) is 0 Å². The van der Waals surface area contributed by atoms with E-state index in [0.29, 0.717) is 19.8 Å². The third-order valence-electron chi connectivity index (χ3n) is 7.77. The molecule has 0 aromatic heterocycles. The predicted molar refractivity (Wildman–Crippen MR) is 157 cm³/mol. The molecule has 0 spiro atoms. The number of hydrogen-bond acceptors (Lipinski definition) is 5. The second-order valence-electron chi connectivity index (χ2n) is 12.2. The van der Waals surface area contributed by atoms with Crippen LogP contribution in [0.5, 0.6) is 0 Å². The van der Waals surface area contributed by atoms with Gasteiger partial charge in [-0.05, 0) is 6.42 Å². The molecule has 1 rings (SSSR count). The Morgan fingerprint density at radius 2 is 1.24 bits per heavy atom. The van der Waals surface area contributed by atoms with Crippen LogP contribution >= 0.6 is 7.82 Å². The molecule has 0 saturated carbocycles. The van der Waals surface area contributed by atoms with Crippen molar-refractivity contribution in [2.45, 2.75) is 129 Å². The summed E-state index contributed by atoms with van der Waals surface area (Å²) in [6, 6.07) is 0. The summed E-state index contributed by atoms with van der Waals surface area (Å²) in [6.45, 7) is 5.84. The number of quaternary nitrogens is 1. The number of piperidine rings is 1. The maximum atomic E-state index is 12.4.